The number of nitrogens with one attached hydrogen (secondary N) is 1. The number of hydroxylamine groups is 1. The van der Waals surface area contributed by atoms with E-state index in [-0.39, 0.29) is 0 Å². The van der Waals surface area contributed by atoms with Crippen molar-refractivity contribution in [2.45, 2.75) is 32.4 Å². The fraction of sp³-hybridized carbons (Fsp3) is 0.333. The lowest BCUT2D eigenvalue weighted by atomic mass is 10.1. The number of benzene rings is 1. The van der Waals surface area contributed by atoms with Crippen molar-refractivity contribution in [3.05, 3.63) is 60.1 Å². The summed E-state index contributed by atoms with van der Waals surface area (Å²) in [7, 11) is 0. The van der Waals surface area contributed by atoms with Crippen molar-refractivity contribution >= 4 is 0 Å². The first-order valence-electron chi connectivity index (χ1n) is 6.28. The van der Waals surface area contributed by atoms with Gasteiger partial charge in [-0.15, -0.1) is 0 Å². The third-order valence-corrected chi connectivity index (χ3v) is 2.77. The Morgan fingerprint density at radius 2 is 2.00 bits per heavy atom. The Kier molecular flexibility index (Phi) is 5.00. The summed E-state index contributed by atoms with van der Waals surface area (Å²) in [5.74, 6) is 1.02. The van der Waals surface area contributed by atoms with Crippen molar-refractivity contribution in [2.24, 2.45) is 0 Å². The van der Waals surface area contributed by atoms with Crippen molar-refractivity contribution in [1.29, 1.82) is 0 Å². The van der Waals surface area contributed by atoms with E-state index in [1.54, 1.807) is 6.26 Å². The lowest BCUT2D eigenvalue weighted by molar-refractivity contribution is 0.00565. The van der Waals surface area contributed by atoms with Crippen LogP contribution < -0.4 is 5.48 Å². The Morgan fingerprint density at radius 1 is 1.17 bits per heavy atom. The van der Waals surface area contributed by atoms with Crippen molar-refractivity contribution in [2.75, 3.05) is 0 Å². The summed E-state index contributed by atoms with van der Waals surface area (Å²) in [6.45, 7) is 2.69. The quantitative estimate of drug-likeness (QED) is 0.760. The van der Waals surface area contributed by atoms with Crippen LogP contribution in [-0.4, -0.2) is 6.04 Å². The predicted molar refractivity (Wildman–Crippen MR) is 70.9 cm³/mol. The first-order chi connectivity index (χ1) is 8.84. The van der Waals surface area contributed by atoms with Crippen LogP contribution in [0.4, 0.5) is 0 Å². The van der Waals surface area contributed by atoms with E-state index >= 15 is 0 Å². The van der Waals surface area contributed by atoms with Crippen LogP contribution in [0.3, 0.4) is 0 Å². The first kappa shape index (κ1) is 12.9. The van der Waals surface area contributed by atoms with E-state index in [0.717, 1.165) is 18.6 Å². The van der Waals surface area contributed by atoms with Crippen LogP contribution in [0.5, 0.6) is 0 Å². The molecule has 96 valence electrons. The summed E-state index contributed by atoms with van der Waals surface area (Å²) in [5.41, 5.74) is 4.22. The summed E-state index contributed by atoms with van der Waals surface area (Å²) >= 11 is 0. The molecular formula is C15H19NO2. The zero-order chi connectivity index (χ0) is 12.6. The summed E-state index contributed by atoms with van der Waals surface area (Å²) in [6, 6.07) is 14.3. The normalized spacial score (nSPS) is 12.5. The van der Waals surface area contributed by atoms with Crippen molar-refractivity contribution in [3.63, 3.8) is 0 Å². The maximum Gasteiger partial charge on any atom is 0.103 e. The fourth-order valence-corrected chi connectivity index (χ4v) is 1.71. The maximum atomic E-state index is 5.47. The highest BCUT2D eigenvalue weighted by molar-refractivity contribution is 5.13. The number of aryl methyl sites for hydroxylation is 1. The predicted octanol–water partition coefficient (Wildman–Crippen LogP) is 3.32. The van der Waals surface area contributed by atoms with E-state index in [2.05, 4.69) is 24.5 Å². The lowest BCUT2D eigenvalue weighted by Crippen LogP contribution is -2.26. The second-order valence-electron chi connectivity index (χ2n) is 4.41. The van der Waals surface area contributed by atoms with Gasteiger partial charge in [-0.2, -0.15) is 5.48 Å². The first-order valence-corrected chi connectivity index (χ1v) is 6.28. The molecule has 0 aliphatic heterocycles. The minimum absolute atomic E-state index is 0.304. The summed E-state index contributed by atoms with van der Waals surface area (Å²) < 4.78 is 5.29. The van der Waals surface area contributed by atoms with Crippen LogP contribution in [0.25, 0.3) is 0 Å². The second-order valence-corrected chi connectivity index (χ2v) is 4.41. The largest absolute Gasteiger partial charge is 0.469 e. The van der Waals surface area contributed by atoms with Gasteiger partial charge < -0.3 is 4.42 Å². The van der Waals surface area contributed by atoms with Gasteiger partial charge in [-0.3, -0.25) is 4.84 Å². The molecule has 0 aliphatic carbocycles. The van der Waals surface area contributed by atoms with Crippen molar-refractivity contribution in [3.8, 4) is 0 Å². The molecule has 0 radical (unpaired) electrons. The molecule has 1 aromatic carbocycles. The smallest absolute Gasteiger partial charge is 0.103 e. The average Bonchev–Trinajstić information content (AvgIpc) is 2.91. The van der Waals surface area contributed by atoms with Gasteiger partial charge >= 0.3 is 0 Å². The van der Waals surface area contributed by atoms with Gasteiger partial charge in [0.15, 0.2) is 0 Å². The Balaban J connectivity index is 1.61. The molecule has 0 saturated heterocycles. The highest BCUT2D eigenvalue weighted by Crippen LogP contribution is 2.06. The molecule has 0 fully saturated rings. The number of hydrogen-bond acceptors (Lipinski definition) is 3. The fourth-order valence-electron chi connectivity index (χ4n) is 1.71. The summed E-state index contributed by atoms with van der Waals surface area (Å²) in [5, 5.41) is 0. The second kappa shape index (κ2) is 6.99. The van der Waals surface area contributed by atoms with E-state index in [0.29, 0.717) is 12.6 Å². The zero-order valence-electron chi connectivity index (χ0n) is 10.6. The molecule has 0 spiro atoms. The highest BCUT2D eigenvalue weighted by Gasteiger charge is 2.03. The molecule has 0 saturated carbocycles. The van der Waals surface area contributed by atoms with E-state index < -0.39 is 0 Å². The van der Waals surface area contributed by atoms with Crippen molar-refractivity contribution < 1.29 is 9.25 Å². The molecule has 1 N–H and O–H groups in total. The molecule has 1 unspecified atom stereocenters. The molecule has 1 heterocycles. The monoisotopic (exact) mass is 245 g/mol. The Morgan fingerprint density at radius 3 is 2.72 bits per heavy atom. The molecule has 3 heteroatoms. The van der Waals surface area contributed by atoms with E-state index in [1.165, 1.54) is 5.56 Å². The van der Waals surface area contributed by atoms with E-state index in [9.17, 15) is 0 Å². The molecule has 0 bridgehead atoms. The van der Waals surface area contributed by atoms with Gasteiger partial charge in [0.2, 0.25) is 0 Å². The molecular weight excluding hydrogens is 226 g/mol. The molecule has 1 atom stereocenters. The third kappa shape index (κ3) is 4.35. The average molecular weight is 245 g/mol. The van der Waals surface area contributed by atoms with Crippen LogP contribution in [-0.2, 0) is 17.9 Å². The minimum Gasteiger partial charge on any atom is -0.469 e. The molecule has 2 aromatic rings. The van der Waals surface area contributed by atoms with Crippen LogP contribution in [0, 0.1) is 0 Å². The molecule has 1 aromatic heterocycles. The standard InChI is InChI=1S/C15H19NO2/c1-13(9-10-15-8-5-11-17-15)16-18-12-14-6-3-2-4-7-14/h2-8,11,13,16H,9-10,12H2,1H3. The van der Waals surface area contributed by atoms with Crippen LogP contribution in [0.1, 0.15) is 24.7 Å². The van der Waals surface area contributed by atoms with Crippen LogP contribution in [0.15, 0.2) is 53.1 Å². The van der Waals surface area contributed by atoms with Gasteiger partial charge in [0.05, 0.1) is 12.9 Å². The van der Waals surface area contributed by atoms with Gasteiger partial charge in [-0.25, -0.2) is 0 Å². The summed E-state index contributed by atoms with van der Waals surface area (Å²) in [4.78, 5) is 5.47. The Bertz CT molecular complexity index is 425. The molecule has 18 heavy (non-hydrogen) atoms. The third-order valence-electron chi connectivity index (χ3n) is 2.77. The molecule has 3 nitrogen and oxygen atoms in total. The van der Waals surface area contributed by atoms with E-state index in [4.69, 9.17) is 9.25 Å². The van der Waals surface area contributed by atoms with Gasteiger partial charge in [0, 0.05) is 12.5 Å². The topological polar surface area (TPSA) is 34.4 Å². The number of hydrogen-bond donors (Lipinski definition) is 1. The van der Waals surface area contributed by atoms with Crippen LogP contribution >= 0.6 is 0 Å². The summed E-state index contributed by atoms with van der Waals surface area (Å²) in [6.07, 6.45) is 3.62. The molecule has 0 amide bonds. The van der Waals surface area contributed by atoms with Gasteiger partial charge in [0.1, 0.15) is 5.76 Å². The van der Waals surface area contributed by atoms with Crippen LogP contribution in [0.2, 0.25) is 0 Å². The van der Waals surface area contributed by atoms with Gasteiger partial charge in [0.25, 0.3) is 0 Å². The lowest BCUT2D eigenvalue weighted by Gasteiger charge is -2.13. The van der Waals surface area contributed by atoms with Gasteiger partial charge in [-0.05, 0) is 31.0 Å². The Hall–Kier alpha value is -1.58. The van der Waals surface area contributed by atoms with E-state index in [1.807, 2.05) is 30.3 Å². The maximum absolute atomic E-state index is 5.47. The molecule has 2 rings (SSSR count). The highest BCUT2D eigenvalue weighted by atomic mass is 16.6. The number of furan rings is 1. The van der Waals surface area contributed by atoms with Crippen molar-refractivity contribution in [1.82, 2.24) is 5.48 Å². The van der Waals surface area contributed by atoms with Gasteiger partial charge in [-0.1, -0.05) is 30.3 Å². The SMILES string of the molecule is CC(CCc1ccco1)NOCc1ccccc1. The molecule has 0 aliphatic rings. The Labute approximate surface area is 108 Å². The zero-order valence-corrected chi connectivity index (χ0v) is 10.6. The minimum atomic E-state index is 0.304. The number of rotatable bonds is 7.